The van der Waals surface area contributed by atoms with Gasteiger partial charge in [-0.3, -0.25) is 4.79 Å². The number of carboxylic acid groups (broad SMARTS) is 1. The number of halogens is 1. The molecule has 1 aromatic carbocycles. The lowest BCUT2D eigenvalue weighted by Crippen LogP contribution is -2.21. The second-order valence-corrected chi connectivity index (χ2v) is 7.42. The largest absolute Gasteiger partial charge is 0.481 e. The Morgan fingerprint density at radius 2 is 2.00 bits per heavy atom. The highest BCUT2D eigenvalue weighted by Gasteiger charge is 2.30. The smallest absolute Gasteiger partial charge is 0.304 e. The van der Waals surface area contributed by atoms with Crippen LogP contribution < -0.4 is 0 Å². The van der Waals surface area contributed by atoms with Crippen molar-refractivity contribution >= 4 is 21.9 Å². The summed E-state index contributed by atoms with van der Waals surface area (Å²) in [4.78, 5) is 11.0. The van der Waals surface area contributed by atoms with Crippen LogP contribution in [0.15, 0.2) is 34.9 Å². The molecule has 22 heavy (non-hydrogen) atoms. The molecule has 3 rings (SSSR count). The van der Waals surface area contributed by atoms with E-state index in [0.717, 1.165) is 15.7 Å². The molecule has 0 atom stereocenters. The molecular weight excluding hydrogens is 344 g/mol. The van der Waals surface area contributed by atoms with Crippen molar-refractivity contribution in [2.75, 3.05) is 0 Å². The Morgan fingerprint density at radius 3 is 2.55 bits per heavy atom. The van der Waals surface area contributed by atoms with Crippen molar-refractivity contribution in [2.24, 2.45) is 0 Å². The number of hydrogen-bond donors (Lipinski definition) is 1. The van der Waals surface area contributed by atoms with Gasteiger partial charge in [0, 0.05) is 11.3 Å². The standard InChI is InChI=1S/C17H19BrN2O2/c1-17(2,9-15(21)22)12-5-7-13(8-6-12)20-16(11-3-4-11)14(18)10-19-20/h5-8,10-11H,3-4,9H2,1-2H3,(H,21,22). The minimum absolute atomic E-state index is 0.118. The van der Waals surface area contributed by atoms with Crippen LogP contribution in [0.4, 0.5) is 0 Å². The third kappa shape index (κ3) is 2.95. The van der Waals surface area contributed by atoms with Crippen molar-refractivity contribution in [3.05, 3.63) is 46.2 Å². The molecule has 1 aliphatic rings. The molecule has 1 fully saturated rings. The van der Waals surface area contributed by atoms with E-state index in [2.05, 4.69) is 21.0 Å². The molecule has 0 amide bonds. The first-order valence-corrected chi connectivity index (χ1v) is 8.24. The highest BCUT2D eigenvalue weighted by Crippen LogP contribution is 2.44. The van der Waals surface area contributed by atoms with Crippen LogP contribution in [-0.4, -0.2) is 20.9 Å². The van der Waals surface area contributed by atoms with Crippen LogP contribution in [0.25, 0.3) is 5.69 Å². The summed E-state index contributed by atoms with van der Waals surface area (Å²) in [5.41, 5.74) is 2.90. The predicted octanol–water partition coefficient (Wildman–Crippen LogP) is 4.26. The average Bonchev–Trinajstić information content (AvgIpc) is 3.20. The van der Waals surface area contributed by atoms with Gasteiger partial charge in [-0.1, -0.05) is 26.0 Å². The third-order valence-electron chi connectivity index (χ3n) is 4.21. The maximum Gasteiger partial charge on any atom is 0.304 e. The quantitative estimate of drug-likeness (QED) is 0.863. The lowest BCUT2D eigenvalue weighted by Gasteiger charge is -2.23. The number of carbonyl (C=O) groups is 1. The lowest BCUT2D eigenvalue weighted by atomic mass is 9.81. The molecule has 2 aromatic rings. The summed E-state index contributed by atoms with van der Waals surface area (Å²) < 4.78 is 3.04. The predicted molar refractivity (Wildman–Crippen MR) is 88.5 cm³/mol. The van der Waals surface area contributed by atoms with Crippen LogP contribution >= 0.6 is 15.9 Å². The van der Waals surface area contributed by atoms with Crippen LogP contribution in [0.2, 0.25) is 0 Å². The van der Waals surface area contributed by atoms with Gasteiger partial charge in [-0.25, -0.2) is 4.68 Å². The summed E-state index contributed by atoms with van der Waals surface area (Å²) in [5.74, 6) is -0.180. The molecule has 1 saturated carbocycles. The van der Waals surface area contributed by atoms with E-state index < -0.39 is 5.97 Å². The van der Waals surface area contributed by atoms with E-state index in [0.29, 0.717) is 5.92 Å². The molecule has 1 aliphatic carbocycles. The normalized spacial score (nSPS) is 15.0. The van der Waals surface area contributed by atoms with Gasteiger partial charge in [0.2, 0.25) is 0 Å². The molecule has 116 valence electrons. The molecular formula is C17H19BrN2O2. The molecule has 0 bridgehead atoms. The van der Waals surface area contributed by atoms with Crippen molar-refractivity contribution in [3.63, 3.8) is 0 Å². The van der Waals surface area contributed by atoms with E-state index in [1.165, 1.54) is 18.5 Å². The number of benzene rings is 1. The summed E-state index contributed by atoms with van der Waals surface area (Å²) in [6.45, 7) is 3.91. The average molecular weight is 363 g/mol. The van der Waals surface area contributed by atoms with Crippen molar-refractivity contribution in [1.82, 2.24) is 9.78 Å². The fraction of sp³-hybridized carbons (Fsp3) is 0.412. The number of nitrogens with zero attached hydrogens (tertiary/aromatic N) is 2. The van der Waals surface area contributed by atoms with Gasteiger partial charge in [0.1, 0.15) is 0 Å². The van der Waals surface area contributed by atoms with Crippen LogP contribution in [0, 0.1) is 0 Å². The first-order valence-electron chi connectivity index (χ1n) is 7.44. The number of aromatic nitrogens is 2. The number of carboxylic acids is 1. The van der Waals surface area contributed by atoms with Gasteiger partial charge in [0.25, 0.3) is 0 Å². The molecule has 0 aliphatic heterocycles. The Hall–Kier alpha value is -1.62. The molecule has 0 saturated heterocycles. The molecule has 0 spiro atoms. The molecule has 0 unspecified atom stereocenters. The second-order valence-electron chi connectivity index (χ2n) is 6.57. The summed E-state index contributed by atoms with van der Waals surface area (Å²) in [6, 6.07) is 8.05. The Balaban J connectivity index is 1.90. The van der Waals surface area contributed by atoms with Gasteiger partial charge in [-0.2, -0.15) is 5.10 Å². The molecule has 4 nitrogen and oxygen atoms in total. The highest BCUT2D eigenvalue weighted by molar-refractivity contribution is 9.10. The summed E-state index contributed by atoms with van der Waals surface area (Å²) in [5, 5.41) is 13.5. The van der Waals surface area contributed by atoms with Crippen LogP contribution in [0.3, 0.4) is 0 Å². The minimum Gasteiger partial charge on any atom is -0.481 e. The topological polar surface area (TPSA) is 55.1 Å². The fourth-order valence-corrected chi connectivity index (χ4v) is 3.39. The van der Waals surface area contributed by atoms with Crippen LogP contribution in [0.1, 0.15) is 50.3 Å². The Bertz CT molecular complexity index is 700. The van der Waals surface area contributed by atoms with E-state index in [-0.39, 0.29) is 11.8 Å². The zero-order valence-corrected chi connectivity index (χ0v) is 14.3. The van der Waals surface area contributed by atoms with E-state index in [1.54, 1.807) is 0 Å². The Morgan fingerprint density at radius 1 is 1.36 bits per heavy atom. The van der Waals surface area contributed by atoms with E-state index >= 15 is 0 Å². The number of hydrogen-bond acceptors (Lipinski definition) is 2. The SMILES string of the molecule is CC(C)(CC(=O)O)c1ccc(-n2ncc(Br)c2C2CC2)cc1. The van der Waals surface area contributed by atoms with Gasteiger partial charge < -0.3 is 5.11 Å². The highest BCUT2D eigenvalue weighted by atomic mass is 79.9. The Kier molecular flexibility index (Phi) is 3.85. The van der Waals surface area contributed by atoms with Crippen molar-refractivity contribution in [1.29, 1.82) is 0 Å². The number of aliphatic carboxylic acids is 1. The molecule has 5 heteroatoms. The monoisotopic (exact) mass is 362 g/mol. The van der Waals surface area contributed by atoms with Crippen molar-refractivity contribution in [2.45, 2.75) is 44.4 Å². The summed E-state index contributed by atoms with van der Waals surface area (Å²) >= 11 is 3.58. The minimum atomic E-state index is -0.777. The van der Waals surface area contributed by atoms with E-state index in [4.69, 9.17) is 5.11 Å². The third-order valence-corrected chi connectivity index (χ3v) is 4.82. The van der Waals surface area contributed by atoms with Crippen LogP contribution in [-0.2, 0) is 10.2 Å². The summed E-state index contributed by atoms with van der Waals surface area (Å²) in [7, 11) is 0. The second kappa shape index (κ2) is 5.54. The molecule has 1 heterocycles. The summed E-state index contributed by atoms with van der Waals surface area (Å²) in [6.07, 6.45) is 4.39. The van der Waals surface area contributed by atoms with Gasteiger partial charge in [0.15, 0.2) is 0 Å². The van der Waals surface area contributed by atoms with Crippen molar-refractivity contribution < 1.29 is 9.90 Å². The van der Waals surface area contributed by atoms with Gasteiger partial charge in [-0.15, -0.1) is 0 Å². The first kappa shape index (κ1) is 15.3. The Labute approximate surface area is 138 Å². The zero-order valence-electron chi connectivity index (χ0n) is 12.7. The van der Waals surface area contributed by atoms with Gasteiger partial charge in [0.05, 0.1) is 28.5 Å². The number of rotatable bonds is 5. The molecule has 1 aromatic heterocycles. The maximum absolute atomic E-state index is 11.0. The lowest BCUT2D eigenvalue weighted by molar-refractivity contribution is -0.138. The molecule has 1 N–H and O–H groups in total. The maximum atomic E-state index is 11.0. The van der Waals surface area contributed by atoms with E-state index in [9.17, 15) is 4.79 Å². The molecule has 0 radical (unpaired) electrons. The fourth-order valence-electron chi connectivity index (χ4n) is 2.80. The van der Waals surface area contributed by atoms with Gasteiger partial charge in [-0.05, 0) is 46.5 Å². The van der Waals surface area contributed by atoms with E-state index in [1.807, 2.05) is 49.0 Å². The zero-order chi connectivity index (χ0) is 15.9. The van der Waals surface area contributed by atoms with Crippen LogP contribution in [0.5, 0.6) is 0 Å². The van der Waals surface area contributed by atoms with Crippen molar-refractivity contribution in [3.8, 4) is 5.69 Å². The first-order chi connectivity index (χ1) is 10.4. The van der Waals surface area contributed by atoms with Gasteiger partial charge >= 0.3 is 5.97 Å².